The van der Waals surface area contributed by atoms with E-state index in [4.69, 9.17) is 16.3 Å². The molecule has 0 saturated carbocycles. The molecule has 90 valence electrons. The minimum absolute atomic E-state index is 0.0199. The molecule has 17 heavy (non-hydrogen) atoms. The van der Waals surface area contributed by atoms with Crippen LogP contribution in [0.15, 0.2) is 18.2 Å². The lowest BCUT2D eigenvalue weighted by atomic mass is 9.84. The molecule has 1 fully saturated rings. The van der Waals surface area contributed by atoms with E-state index in [2.05, 4.69) is 10.6 Å². The smallest absolute Gasteiger partial charge is 0.234 e. The zero-order valence-electron chi connectivity index (χ0n) is 9.42. The Kier molecular flexibility index (Phi) is 2.31. The van der Waals surface area contributed by atoms with Gasteiger partial charge in [-0.3, -0.25) is 4.79 Å². The van der Waals surface area contributed by atoms with Gasteiger partial charge >= 0.3 is 0 Å². The van der Waals surface area contributed by atoms with Crippen molar-refractivity contribution in [1.82, 2.24) is 0 Å². The van der Waals surface area contributed by atoms with Gasteiger partial charge < -0.3 is 15.4 Å². The monoisotopic (exact) mass is 252 g/mol. The molecule has 2 unspecified atom stereocenters. The van der Waals surface area contributed by atoms with Crippen LogP contribution in [0.4, 0.5) is 11.4 Å². The molecule has 0 radical (unpaired) electrons. The zero-order valence-corrected chi connectivity index (χ0v) is 10.2. The van der Waals surface area contributed by atoms with Crippen LogP contribution in [0.2, 0.25) is 5.02 Å². The van der Waals surface area contributed by atoms with Crippen LogP contribution < -0.4 is 10.6 Å². The van der Waals surface area contributed by atoms with Crippen LogP contribution in [0.25, 0.3) is 0 Å². The zero-order chi connectivity index (χ0) is 12.0. The molecule has 2 heterocycles. The summed E-state index contributed by atoms with van der Waals surface area (Å²) in [6.45, 7) is 2.86. The predicted molar refractivity (Wildman–Crippen MR) is 66.4 cm³/mol. The number of halogens is 1. The normalized spacial score (nSPS) is 30.9. The molecule has 0 aromatic heterocycles. The minimum atomic E-state index is -0.539. The molecule has 2 aliphatic rings. The van der Waals surface area contributed by atoms with Gasteiger partial charge in [-0.1, -0.05) is 17.7 Å². The molecule has 0 bridgehead atoms. The molecule has 0 spiro atoms. The van der Waals surface area contributed by atoms with E-state index in [0.29, 0.717) is 18.2 Å². The summed E-state index contributed by atoms with van der Waals surface area (Å²) in [5.74, 6) is -0.0199. The molecule has 1 aromatic rings. The van der Waals surface area contributed by atoms with E-state index in [0.717, 1.165) is 11.4 Å². The minimum Gasteiger partial charge on any atom is -0.378 e. The van der Waals surface area contributed by atoms with Gasteiger partial charge in [-0.05, 0) is 19.1 Å². The summed E-state index contributed by atoms with van der Waals surface area (Å²) in [5.41, 5.74) is 0.974. The topological polar surface area (TPSA) is 50.4 Å². The third kappa shape index (κ3) is 1.51. The number of anilines is 2. The van der Waals surface area contributed by atoms with E-state index in [9.17, 15) is 4.79 Å². The molecule has 1 saturated heterocycles. The Morgan fingerprint density at radius 2 is 2.35 bits per heavy atom. The average molecular weight is 253 g/mol. The van der Waals surface area contributed by atoms with E-state index < -0.39 is 5.41 Å². The number of fused-ring (bicyclic) bond motifs is 2. The van der Waals surface area contributed by atoms with Gasteiger partial charge in [0.1, 0.15) is 0 Å². The number of ether oxygens (including phenoxy) is 1. The molecule has 2 atom stereocenters. The molecule has 2 aliphatic heterocycles. The fourth-order valence-corrected chi connectivity index (χ4v) is 2.54. The van der Waals surface area contributed by atoms with Gasteiger partial charge in [0.05, 0.1) is 41.1 Å². The van der Waals surface area contributed by atoms with Crippen molar-refractivity contribution < 1.29 is 9.53 Å². The van der Waals surface area contributed by atoms with Crippen LogP contribution in [-0.4, -0.2) is 25.2 Å². The van der Waals surface area contributed by atoms with Crippen molar-refractivity contribution in [3.8, 4) is 0 Å². The molecule has 4 nitrogen and oxygen atoms in total. The van der Waals surface area contributed by atoms with Crippen molar-refractivity contribution in [2.24, 2.45) is 5.41 Å². The molecule has 2 N–H and O–H groups in total. The number of hydrogen-bond donors (Lipinski definition) is 2. The first kappa shape index (κ1) is 10.9. The first-order valence-electron chi connectivity index (χ1n) is 5.55. The fraction of sp³-hybridized carbons (Fsp3) is 0.417. The molecule has 3 rings (SSSR count). The quantitative estimate of drug-likeness (QED) is 0.744. The van der Waals surface area contributed by atoms with Crippen LogP contribution in [0.5, 0.6) is 0 Å². The van der Waals surface area contributed by atoms with Crippen LogP contribution >= 0.6 is 11.6 Å². The highest BCUT2D eigenvalue weighted by molar-refractivity contribution is 6.34. The number of hydrogen-bond acceptors (Lipinski definition) is 3. The van der Waals surface area contributed by atoms with Gasteiger partial charge in [0.25, 0.3) is 0 Å². The van der Waals surface area contributed by atoms with Gasteiger partial charge in [0.2, 0.25) is 5.91 Å². The number of benzene rings is 1. The van der Waals surface area contributed by atoms with Crippen LogP contribution in [0.1, 0.15) is 6.92 Å². The van der Waals surface area contributed by atoms with Gasteiger partial charge in [-0.15, -0.1) is 0 Å². The van der Waals surface area contributed by atoms with Gasteiger partial charge in [-0.2, -0.15) is 0 Å². The average Bonchev–Trinajstić information content (AvgIpc) is 2.62. The Morgan fingerprint density at radius 3 is 3.18 bits per heavy atom. The van der Waals surface area contributed by atoms with Crippen molar-refractivity contribution in [1.29, 1.82) is 0 Å². The summed E-state index contributed by atoms with van der Waals surface area (Å²) >= 11 is 6.14. The third-order valence-corrected chi connectivity index (χ3v) is 3.87. The summed E-state index contributed by atoms with van der Waals surface area (Å²) in [6, 6.07) is 5.43. The maximum Gasteiger partial charge on any atom is 0.234 e. The Bertz CT molecular complexity index is 491. The lowest BCUT2D eigenvalue weighted by molar-refractivity contribution is -0.124. The Balaban J connectivity index is 2.09. The highest BCUT2D eigenvalue weighted by atomic mass is 35.5. The third-order valence-electron chi connectivity index (χ3n) is 3.55. The number of para-hydroxylation sites is 1. The van der Waals surface area contributed by atoms with Crippen LogP contribution in [0, 0.1) is 5.41 Å². The summed E-state index contributed by atoms with van der Waals surface area (Å²) in [4.78, 5) is 12.2. The molecular formula is C12H13ClN2O2. The first-order chi connectivity index (χ1) is 8.11. The number of rotatable bonds is 0. The highest BCUT2D eigenvalue weighted by Crippen LogP contribution is 2.40. The van der Waals surface area contributed by atoms with E-state index in [1.54, 1.807) is 6.07 Å². The number of nitrogens with one attached hydrogen (secondary N) is 2. The van der Waals surface area contributed by atoms with Crippen LogP contribution in [-0.2, 0) is 9.53 Å². The van der Waals surface area contributed by atoms with Crippen molar-refractivity contribution in [3.05, 3.63) is 23.2 Å². The van der Waals surface area contributed by atoms with Gasteiger partial charge in [-0.25, -0.2) is 0 Å². The summed E-state index contributed by atoms with van der Waals surface area (Å²) in [7, 11) is 0. The molecule has 5 heteroatoms. The number of carbonyl (C=O) groups is 1. The van der Waals surface area contributed by atoms with Gasteiger partial charge in [0, 0.05) is 0 Å². The Morgan fingerprint density at radius 1 is 1.53 bits per heavy atom. The van der Waals surface area contributed by atoms with Crippen LogP contribution in [0.3, 0.4) is 0 Å². The van der Waals surface area contributed by atoms with E-state index in [1.807, 2.05) is 19.1 Å². The standard InChI is InChI=1S/C12H13ClN2O2/c1-12-6-17-5-9(12)15-10-7(13)3-2-4-8(10)14-11(12)16/h2-4,9,15H,5-6H2,1H3,(H,14,16). The number of amides is 1. The second kappa shape index (κ2) is 3.62. The Hall–Kier alpha value is -1.26. The fourth-order valence-electron chi connectivity index (χ4n) is 2.31. The second-order valence-electron chi connectivity index (χ2n) is 4.75. The largest absolute Gasteiger partial charge is 0.378 e. The number of carbonyl (C=O) groups excluding carboxylic acids is 1. The summed E-state index contributed by atoms with van der Waals surface area (Å²) < 4.78 is 5.41. The second-order valence-corrected chi connectivity index (χ2v) is 5.15. The van der Waals surface area contributed by atoms with Crippen molar-refractivity contribution >= 4 is 28.9 Å². The summed E-state index contributed by atoms with van der Waals surface area (Å²) in [6.07, 6.45) is 0. The Labute approximate surface area is 104 Å². The lowest BCUT2D eigenvalue weighted by Gasteiger charge is -2.25. The predicted octanol–water partition coefficient (Wildman–Crippen LogP) is 2.11. The molecule has 0 aliphatic carbocycles. The van der Waals surface area contributed by atoms with E-state index in [-0.39, 0.29) is 11.9 Å². The van der Waals surface area contributed by atoms with Crippen molar-refractivity contribution in [2.45, 2.75) is 13.0 Å². The maximum atomic E-state index is 12.2. The van der Waals surface area contributed by atoms with E-state index in [1.165, 1.54) is 0 Å². The van der Waals surface area contributed by atoms with Crippen molar-refractivity contribution in [2.75, 3.05) is 23.8 Å². The first-order valence-corrected chi connectivity index (χ1v) is 5.93. The summed E-state index contributed by atoms with van der Waals surface area (Å²) in [5, 5.41) is 6.84. The van der Waals surface area contributed by atoms with Gasteiger partial charge in [0.15, 0.2) is 0 Å². The molecule has 1 amide bonds. The van der Waals surface area contributed by atoms with Crippen molar-refractivity contribution in [3.63, 3.8) is 0 Å². The lowest BCUT2D eigenvalue weighted by Crippen LogP contribution is -2.44. The highest BCUT2D eigenvalue weighted by Gasteiger charge is 2.48. The maximum absolute atomic E-state index is 12.2. The molecular weight excluding hydrogens is 240 g/mol. The molecule has 1 aromatic carbocycles. The van der Waals surface area contributed by atoms with E-state index >= 15 is 0 Å². The SMILES string of the molecule is CC12COCC1Nc1c(Cl)cccc1NC2=O.